The predicted molar refractivity (Wildman–Crippen MR) is 85.7 cm³/mol. The molecule has 1 aromatic heterocycles. The number of nitrogens with one attached hydrogen (secondary N) is 1. The minimum Gasteiger partial charge on any atom is -0.313 e. The quantitative estimate of drug-likeness (QED) is 0.900. The van der Waals surface area contributed by atoms with E-state index in [1.54, 1.807) is 6.07 Å². The second kappa shape index (κ2) is 6.75. The first-order valence-corrected chi connectivity index (χ1v) is 8.42. The van der Waals surface area contributed by atoms with Gasteiger partial charge in [-0.25, -0.2) is 0 Å². The van der Waals surface area contributed by atoms with Crippen molar-refractivity contribution in [2.75, 3.05) is 26.7 Å². The van der Waals surface area contributed by atoms with Crippen LogP contribution in [0.25, 0.3) is 0 Å². The van der Waals surface area contributed by atoms with Crippen molar-refractivity contribution in [2.45, 2.75) is 51.1 Å². The summed E-state index contributed by atoms with van der Waals surface area (Å²) in [5, 5.41) is 3.38. The van der Waals surface area contributed by atoms with Crippen LogP contribution >= 0.6 is 0 Å². The van der Waals surface area contributed by atoms with Crippen molar-refractivity contribution >= 4 is 0 Å². The number of aromatic nitrogens is 1. The summed E-state index contributed by atoms with van der Waals surface area (Å²) < 4.78 is 2.04. The summed E-state index contributed by atoms with van der Waals surface area (Å²) in [6, 6.07) is 4.21. The molecule has 1 saturated heterocycles. The lowest BCUT2D eigenvalue weighted by Gasteiger charge is -2.28. The summed E-state index contributed by atoms with van der Waals surface area (Å²) in [6.07, 6.45) is 7.16. The molecule has 0 bridgehead atoms. The van der Waals surface area contributed by atoms with E-state index in [0.717, 1.165) is 25.9 Å². The molecule has 0 spiro atoms. The second-order valence-electron chi connectivity index (χ2n) is 6.36. The van der Waals surface area contributed by atoms with Crippen LogP contribution < -0.4 is 10.9 Å². The van der Waals surface area contributed by atoms with Crippen LogP contribution in [-0.2, 0) is 13.0 Å². The van der Waals surface area contributed by atoms with E-state index in [1.165, 1.54) is 50.0 Å². The molecule has 1 aliphatic carbocycles. The van der Waals surface area contributed by atoms with E-state index < -0.39 is 0 Å². The van der Waals surface area contributed by atoms with E-state index in [1.807, 2.05) is 17.7 Å². The molecule has 1 unspecified atom stereocenters. The normalized spacial score (nSPS) is 22.4. The van der Waals surface area contributed by atoms with Crippen molar-refractivity contribution in [1.82, 2.24) is 14.8 Å². The minimum absolute atomic E-state index is 0.173. The molecule has 1 aliphatic heterocycles. The highest BCUT2D eigenvalue weighted by Crippen LogP contribution is 2.28. The highest BCUT2D eigenvalue weighted by atomic mass is 16.1. The first kappa shape index (κ1) is 14.8. The molecule has 0 saturated carbocycles. The molecule has 1 atom stereocenters. The predicted octanol–water partition coefficient (Wildman–Crippen LogP) is 1.93. The van der Waals surface area contributed by atoms with E-state index >= 15 is 0 Å². The Morgan fingerprint density at radius 3 is 2.76 bits per heavy atom. The summed E-state index contributed by atoms with van der Waals surface area (Å²) in [4.78, 5) is 14.8. The molecule has 1 N–H and O–H groups in total. The standard InChI is InChI=1S/C17H27N3O/c1-18-15-6-4-7-16-14(15)8-9-17(21)20(16)13-5-12-19-10-2-3-11-19/h8-9,15,18H,2-7,10-13H2,1H3. The Labute approximate surface area is 127 Å². The highest BCUT2D eigenvalue weighted by Gasteiger charge is 2.21. The SMILES string of the molecule is CNC1CCCc2c1ccc(=O)n2CCCN1CCCC1. The maximum absolute atomic E-state index is 12.2. The van der Waals surface area contributed by atoms with Gasteiger partial charge in [-0.1, -0.05) is 6.07 Å². The fourth-order valence-corrected chi connectivity index (χ4v) is 3.87. The zero-order valence-corrected chi connectivity index (χ0v) is 13.1. The first-order chi connectivity index (χ1) is 10.3. The van der Waals surface area contributed by atoms with Crippen LogP contribution in [0.3, 0.4) is 0 Å². The lowest BCUT2D eigenvalue weighted by atomic mass is 9.91. The maximum atomic E-state index is 12.2. The van der Waals surface area contributed by atoms with Gasteiger partial charge in [0.05, 0.1) is 0 Å². The molecule has 0 amide bonds. The third-order valence-corrected chi connectivity index (χ3v) is 5.02. The van der Waals surface area contributed by atoms with Crippen molar-refractivity contribution in [2.24, 2.45) is 0 Å². The number of rotatable bonds is 5. The molecule has 0 aromatic carbocycles. The fourth-order valence-electron chi connectivity index (χ4n) is 3.87. The number of nitrogens with zero attached hydrogens (tertiary/aromatic N) is 2. The van der Waals surface area contributed by atoms with Crippen LogP contribution in [0.1, 0.15) is 49.4 Å². The van der Waals surface area contributed by atoms with Crippen LogP contribution in [0.4, 0.5) is 0 Å². The van der Waals surface area contributed by atoms with Gasteiger partial charge in [-0.05, 0) is 70.8 Å². The fraction of sp³-hybridized carbons (Fsp3) is 0.706. The Balaban J connectivity index is 1.73. The minimum atomic E-state index is 0.173. The number of likely N-dealkylation sites (tertiary alicyclic amines) is 1. The van der Waals surface area contributed by atoms with E-state index in [-0.39, 0.29) is 5.56 Å². The average Bonchev–Trinajstić information content (AvgIpc) is 3.02. The van der Waals surface area contributed by atoms with Crippen LogP contribution in [0, 0.1) is 0 Å². The molecular weight excluding hydrogens is 262 g/mol. The van der Waals surface area contributed by atoms with Gasteiger partial charge in [0.15, 0.2) is 0 Å². The van der Waals surface area contributed by atoms with Crippen LogP contribution in [-0.4, -0.2) is 36.1 Å². The maximum Gasteiger partial charge on any atom is 0.250 e. The number of pyridine rings is 1. The molecule has 4 nitrogen and oxygen atoms in total. The van der Waals surface area contributed by atoms with Crippen molar-refractivity contribution < 1.29 is 0 Å². The number of fused-ring (bicyclic) bond motifs is 1. The molecule has 1 fully saturated rings. The van der Waals surface area contributed by atoms with Gasteiger partial charge in [-0.3, -0.25) is 4.79 Å². The van der Waals surface area contributed by atoms with Gasteiger partial charge in [-0.2, -0.15) is 0 Å². The van der Waals surface area contributed by atoms with E-state index in [4.69, 9.17) is 0 Å². The molecule has 116 valence electrons. The topological polar surface area (TPSA) is 37.3 Å². The highest BCUT2D eigenvalue weighted by molar-refractivity contribution is 5.27. The Morgan fingerprint density at radius 1 is 1.19 bits per heavy atom. The summed E-state index contributed by atoms with van der Waals surface area (Å²) in [5.74, 6) is 0. The van der Waals surface area contributed by atoms with Gasteiger partial charge in [0.25, 0.3) is 5.56 Å². The lowest BCUT2D eigenvalue weighted by Crippen LogP contribution is -2.31. The van der Waals surface area contributed by atoms with Crippen molar-refractivity contribution in [3.8, 4) is 0 Å². The van der Waals surface area contributed by atoms with Gasteiger partial charge in [0.2, 0.25) is 0 Å². The smallest absolute Gasteiger partial charge is 0.250 e. The Kier molecular flexibility index (Phi) is 4.76. The third kappa shape index (κ3) is 3.22. The molecule has 21 heavy (non-hydrogen) atoms. The summed E-state index contributed by atoms with van der Waals surface area (Å²) in [6.45, 7) is 4.48. The number of hydrogen-bond acceptors (Lipinski definition) is 3. The zero-order valence-electron chi connectivity index (χ0n) is 13.1. The summed E-state index contributed by atoms with van der Waals surface area (Å²) in [7, 11) is 2.02. The first-order valence-electron chi connectivity index (χ1n) is 8.42. The summed E-state index contributed by atoms with van der Waals surface area (Å²) >= 11 is 0. The molecule has 4 heteroatoms. The van der Waals surface area contributed by atoms with Crippen molar-refractivity contribution in [3.05, 3.63) is 33.7 Å². The van der Waals surface area contributed by atoms with Gasteiger partial charge >= 0.3 is 0 Å². The molecule has 2 heterocycles. The van der Waals surface area contributed by atoms with Crippen molar-refractivity contribution in [1.29, 1.82) is 0 Å². The largest absolute Gasteiger partial charge is 0.313 e. The van der Waals surface area contributed by atoms with E-state index in [2.05, 4.69) is 10.2 Å². The van der Waals surface area contributed by atoms with Gasteiger partial charge < -0.3 is 14.8 Å². The number of hydrogen-bond donors (Lipinski definition) is 1. The monoisotopic (exact) mass is 289 g/mol. The Hall–Kier alpha value is -1.13. The second-order valence-corrected chi connectivity index (χ2v) is 6.36. The molecule has 1 aromatic rings. The zero-order chi connectivity index (χ0) is 14.7. The van der Waals surface area contributed by atoms with Gasteiger partial charge in [0, 0.05) is 24.3 Å². The Bertz CT molecular complexity index is 531. The molecule has 3 rings (SSSR count). The summed E-state index contributed by atoms with van der Waals surface area (Å²) in [5.41, 5.74) is 2.78. The average molecular weight is 289 g/mol. The van der Waals surface area contributed by atoms with Crippen LogP contribution in [0.2, 0.25) is 0 Å². The van der Waals surface area contributed by atoms with Crippen molar-refractivity contribution in [3.63, 3.8) is 0 Å². The van der Waals surface area contributed by atoms with Gasteiger partial charge in [0.1, 0.15) is 0 Å². The van der Waals surface area contributed by atoms with Crippen LogP contribution in [0.5, 0.6) is 0 Å². The third-order valence-electron chi connectivity index (χ3n) is 5.02. The Morgan fingerprint density at radius 2 is 2.00 bits per heavy atom. The molecular formula is C17H27N3O. The van der Waals surface area contributed by atoms with E-state index in [9.17, 15) is 4.79 Å². The van der Waals surface area contributed by atoms with Gasteiger partial charge in [-0.15, -0.1) is 0 Å². The molecule has 2 aliphatic rings. The lowest BCUT2D eigenvalue weighted by molar-refractivity contribution is 0.322. The van der Waals surface area contributed by atoms with Crippen LogP contribution in [0.15, 0.2) is 16.9 Å². The van der Waals surface area contributed by atoms with E-state index in [0.29, 0.717) is 6.04 Å². The molecule has 0 radical (unpaired) electrons.